The van der Waals surface area contributed by atoms with Gasteiger partial charge in [0.15, 0.2) is 0 Å². The third-order valence-corrected chi connectivity index (χ3v) is 12.0. The molecule has 6 rings (SSSR count). The van der Waals surface area contributed by atoms with Gasteiger partial charge in [0.25, 0.3) is 10.1 Å². The third kappa shape index (κ3) is 16.1. The molecule has 4 aromatic carbocycles. The van der Waals surface area contributed by atoms with Gasteiger partial charge < -0.3 is 41.7 Å². The second kappa shape index (κ2) is 26.2. The predicted molar refractivity (Wildman–Crippen MR) is 270 cm³/mol. The van der Waals surface area contributed by atoms with Crippen molar-refractivity contribution < 1.29 is 27.6 Å². The number of rotatable bonds is 28. The summed E-state index contributed by atoms with van der Waals surface area (Å²) in [6.45, 7) is 15.5. The largest absolute Gasteiger partial charge is 0.354 e. The van der Waals surface area contributed by atoms with Gasteiger partial charge in [0.2, 0.25) is 35.7 Å². The summed E-state index contributed by atoms with van der Waals surface area (Å²) < 4.78 is 40.9. The first-order valence-corrected chi connectivity index (χ1v) is 24.4. The number of hydrogen-bond acceptors (Lipinski definition) is 20. The van der Waals surface area contributed by atoms with Crippen molar-refractivity contribution in [2.45, 2.75) is 50.3 Å². The molecule has 20 nitrogen and oxygen atoms in total. The summed E-state index contributed by atoms with van der Waals surface area (Å²) in [5.74, 6) is 1.65. The maximum absolute atomic E-state index is 12.8. The molecule has 360 valence electrons. The smallest absolute Gasteiger partial charge is 0.295 e. The van der Waals surface area contributed by atoms with E-state index in [0.29, 0.717) is 59.1 Å². The molecule has 0 aliphatic heterocycles. The molecule has 0 bridgehead atoms. The van der Waals surface area contributed by atoms with Crippen LogP contribution in [0.5, 0.6) is 0 Å². The van der Waals surface area contributed by atoms with Crippen molar-refractivity contribution in [1.82, 2.24) is 39.7 Å². The van der Waals surface area contributed by atoms with Gasteiger partial charge in [-0.1, -0.05) is 93.4 Å². The van der Waals surface area contributed by atoms with Gasteiger partial charge in [0.05, 0.1) is 12.0 Å². The van der Waals surface area contributed by atoms with E-state index < -0.39 is 10.1 Å². The van der Waals surface area contributed by atoms with Crippen LogP contribution < -0.4 is 31.9 Å². The van der Waals surface area contributed by atoms with E-state index in [9.17, 15) is 13.0 Å². The Hall–Kier alpha value is -6.50. The number of aromatic nitrogens is 6. The van der Waals surface area contributed by atoms with Crippen LogP contribution in [0.1, 0.15) is 51.7 Å². The summed E-state index contributed by atoms with van der Waals surface area (Å²) in [5, 5.41) is 32.3. The zero-order chi connectivity index (χ0) is 48.1. The highest BCUT2D eigenvalue weighted by molar-refractivity contribution is 7.94. The summed E-state index contributed by atoms with van der Waals surface area (Å²) in [6, 6.07) is 28.6. The summed E-state index contributed by atoms with van der Waals surface area (Å²) in [7, 11) is -4.74. The molecule has 8 N–H and O–H groups in total. The maximum Gasteiger partial charge on any atom is 0.295 e. The normalized spacial score (nSPS) is 11.6. The van der Waals surface area contributed by atoms with Crippen LogP contribution in [0.25, 0.3) is 12.2 Å². The summed E-state index contributed by atoms with van der Waals surface area (Å²) in [4.78, 5) is 32.2. The Bertz CT molecular complexity index is 2650. The average Bonchev–Trinajstić information content (AvgIpc) is 3.33. The lowest BCUT2D eigenvalue weighted by Gasteiger charge is -2.18. The fourth-order valence-corrected chi connectivity index (χ4v) is 8.03. The molecular weight excluding hydrogens is 909 g/mol. The molecule has 0 aliphatic carbocycles. The molecule has 0 spiro atoms. The SMILES string of the molecule is CCN(CC)CCCNc1nc(Nc2ccccc2)nc(Nc2ccc(C=Cc3ccc(Nc4nc(NCCCN(CC)CC)nc(Nc5ccccc5)n4)cc3S(=O)(=O)O)c(SOOO)c2)n1. The predicted octanol–water partition coefficient (Wildman–Crippen LogP) is 9.16. The first-order valence-electron chi connectivity index (χ1n) is 22.3. The Morgan fingerprint density at radius 1 is 0.559 bits per heavy atom. The molecule has 2 heterocycles. The van der Waals surface area contributed by atoms with Crippen LogP contribution in [-0.2, 0) is 19.5 Å². The fraction of sp³-hybridized carbons (Fsp3) is 0.304. The van der Waals surface area contributed by atoms with Crippen molar-refractivity contribution in [3.05, 3.63) is 108 Å². The van der Waals surface area contributed by atoms with Gasteiger partial charge in [-0.25, -0.2) is 5.26 Å². The molecule has 0 saturated heterocycles. The van der Waals surface area contributed by atoms with Crippen molar-refractivity contribution in [3.8, 4) is 0 Å². The highest BCUT2D eigenvalue weighted by Crippen LogP contribution is 2.32. The minimum Gasteiger partial charge on any atom is -0.354 e. The van der Waals surface area contributed by atoms with Gasteiger partial charge in [-0.2, -0.15) is 38.3 Å². The quantitative estimate of drug-likeness (QED) is 0.00570. The number of benzene rings is 4. The van der Waals surface area contributed by atoms with E-state index in [1.54, 1.807) is 30.3 Å². The number of para-hydroxylation sites is 2. The standard InChI is InChI=1S/C46H58N14O6S2/c1-5-59(6-2)29-15-27-47-41-53-43(49-35-17-11-9-12-18-35)57-45(55-41)51-37-25-23-33(39(31-37)67-66-65-61)21-22-34-24-26-38(32-40(34)68(62,63)64)52-46-56-42(48-28-16-30-60(7-3)8-4)54-44(58-46)50-36-19-13-10-14-20-36/h9-14,17-26,31-32,61H,5-8,15-16,27-30H2,1-4H3,(H,62,63,64)(H3,47,49,51,53,55,57)(H3,48,50,52,54,56,58). The topological polar surface area (TPSA) is 249 Å². The van der Waals surface area contributed by atoms with Gasteiger partial charge in [-0.05, 0) is 112 Å². The van der Waals surface area contributed by atoms with Gasteiger partial charge in [-0.3, -0.25) is 4.55 Å². The molecule has 0 unspecified atom stereocenters. The third-order valence-electron chi connectivity index (χ3n) is 10.4. The first-order chi connectivity index (χ1) is 33.0. The molecule has 0 saturated carbocycles. The van der Waals surface area contributed by atoms with E-state index in [-0.39, 0.29) is 34.0 Å². The number of anilines is 10. The van der Waals surface area contributed by atoms with Gasteiger partial charge in [0, 0.05) is 40.7 Å². The molecule has 0 atom stereocenters. The van der Waals surface area contributed by atoms with Crippen LogP contribution in [0.2, 0.25) is 0 Å². The lowest BCUT2D eigenvalue weighted by atomic mass is 10.1. The molecular formula is C46H58N14O6S2. The van der Waals surface area contributed by atoms with E-state index in [1.807, 2.05) is 60.7 Å². The molecule has 22 heteroatoms. The van der Waals surface area contributed by atoms with E-state index in [2.05, 4.69) is 104 Å². The molecule has 68 heavy (non-hydrogen) atoms. The lowest BCUT2D eigenvalue weighted by molar-refractivity contribution is -0.432. The van der Waals surface area contributed by atoms with Crippen LogP contribution in [-0.4, -0.2) is 110 Å². The van der Waals surface area contributed by atoms with Crippen LogP contribution >= 0.6 is 12.0 Å². The minimum absolute atomic E-state index is 0.134. The van der Waals surface area contributed by atoms with E-state index >= 15 is 0 Å². The monoisotopic (exact) mass is 966 g/mol. The lowest BCUT2D eigenvalue weighted by Crippen LogP contribution is -2.25. The van der Waals surface area contributed by atoms with Crippen molar-refractivity contribution in [3.63, 3.8) is 0 Å². The van der Waals surface area contributed by atoms with Gasteiger partial charge >= 0.3 is 0 Å². The van der Waals surface area contributed by atoms with E-state index in [0.717, 1.165) is 63.5 Å². The zero-order valence-corrected chi connectivity index (χ0v) is 40.0. The second-order valence-electron chi connectivity index (χ2n) is 15.0. The molecule has 0 radical (unpaired) electrons. The second-order valence-corrected chi connectivity index (χ2v) is 17.1. The van der Waals surface area contributed by atoms with Crippen LogP contribution in [0.15, 0.2) is 107 Å². The van der Waals surface area contributed by atoms with Crippen molar-refractivity contribution in [1.29, 1.82) is 0 Å². The Labute approximate surface area is 401 Å². The zero-order valence-electron chi connectivity index (χ0n) is 38.4. The number of hydrogen-bond donors (Lipinski definition) is 8. The Kier molecular flexibility index (Phi) is 19.6. The molecule has 0 fully saturated rings. The first kappa shape index (κ1) is 50.9. The highest BCUT2D eigenvalue weighted by Gasteiger charge is 2.17. The van der Waals surface area contributed by atoms with Crippen molar-refractivity contribution in [2.24, 2.45) is 0 Å². The molecule has 2 aromatic heterocycles. The van der Waals surface area contributed by atoms with E-state index in [1.165, 1.54) is 18.2 Å². The van der Waals surface area contributed by atoms with Gasteiger partial charge in [-0.15, -0.1) is 4.33 Å². The number of nitrogens with one attached hydrogen (secondary N) is 6. The Morgan fingerprint density at radius 2 is 0.971 bits per heavy atom. The van der Waals surface area contributed by atoms with Crippen molar-refractivity contribution in [2.75, 3.05) is 84.3 Å². The molecule has 0 aliphatic rings. The summed E-state index contributed by atoms with van der Waals surface area (Å²) >= 11 is 0.705. The fourth-order valence-electron chi connectivity index (χ4n) is 6.80. The average molecular weight is 967 g/mol. The van der Waals surface area contributed by atoms with Crippen molar-refractivity contribution >= 4 is 92.8 Å². The van der Waals surface area contributed by atoms with E-state index in [4.69, 9.17) is 9.59 Å². The van der Waals surface area contributed by atoms with Crippen LogP contribution in [0, 0.1) is 0 Å². The van der Waals surface area contributed by atoms with Gasteiger partial charge in [0.1, 0.15) is 4.90 Å². The van der Waals surface area contributed by atoms with Crippen LogP contribution in [0.4, 0.5) is 58.4 Å². The Morgan fingerprint density at radius 3 is 1.41 bits per heavy atom. The van der Waals surface area contributed by atoms with Crippen LogP contribution in [0.3, 0.4) is 0 Å². The molecule has 6 aromatic rings. The highest BCUT2D eigenvalue weighted by atomic mass is 32.2. The Balaban J connectivity index is 1.22. The molecule has 0 amide bonds. The minimum atomic E-state index is -4.74. The summed E-state index contributed by atoms with van der Waals surface area (Å²) in [6.07, 6.45) is 4.90. The number of nitrogens with zero attached hydrogens (tertiary/aromatic N) is 8. The maximum atomic E-state index is 12.8. The summed E-state index contributed by atoms with van der Waals surface area (Å²) in [5.41, 5.74) is 3.11.